The van der Waals surface area contributed by atoms with Crippen LogP contribution in [-0.4, -0.2) is 22.4 Å². The van der Waals surface area contributed by atoms with Crippen molar-refractivity contribution in [3.63, 3.8) is 0 Å². The molecule has 86 valence electrons. The summed E-state index contributed by atoms with van der Waals surface area (Å²) in [7, 11) is 0. The summed E-state index contributed by atoms with van der Waals surface area (Å²) < 4.78 is 2.03. The molecule has 0 aliphatic carbocycles. The lowest BCUT2D eigenvalue weighted by atomic mass is 10.1. The molecule has 0 fully saturated rings. The molecule has 0 amide bonds. The number of nitrogens with one attached hydrogen (secondary N) is 1. The van der Waals surface area contributed by atoms with Crippen molar-refractivity contribution in [1.82, 2.24) is 15.1 Å². The third-order valence-electron chi connectivity index (χ3n) is 2.56. The molecule has 0 spiro atoms. The van der Waals surface area contributed by atoms with Gasteiger partial charge >= 0.3 is 0 Å². The molecule has 0 aliphatic heterocycles. The van der Waals surface area contributed by atoms with E-state index < -0.39 is 0 Å². The number of hydrogen-bond donors (Lipinski definition) is 1. The number of hydrogen-bond acceptors (Lipinski definition) is 2. The molecule has 1 heterocycles. The third kappa shape index (κ3) is 4.47. The highest BCUT2D eigenvalue weighted by Crippen LogP contribution is 2.04. The van der Waals surface area contributed by atoms with Crippen LogP contribution in [0.4, 0.5) is 0 Å². The minimum absolute atomic E-state index is 0.601. The van der Waals surface area contributed by atoms with Gasteiger partial charge in [-0.1, -0.05) is 13.8 Å². The average molecular weight is 209 g/mol. The van der Waals surface area contributed by atoms with E-state index in [-0.39, 0.29) is 0 Å². The molecule has 1 aromatic heterocycles. The van der Waals surface area contributed by atoms with E-state index in [1.54, 1.807) is 0 Å². The SMILES string of the molecule is CCCn1cc(CCC(C)NCC)cn1. The number of aromatic nitrogens is 2. The van der Waals surface area contributed by atoms with Crippen LogP contribution < -0.4 is 5.32 Å². The van der Waals surface area contributed by atoms with Gasteiger partial charge in [-0.2, -0.15) is 5.10 Å². The van der Waals surface area contributed by atoms with Crippen molar-refractivity contribution in [2.75, 3.05) is 6.54 Å². The first kappa shape index (κ1) is 12.2. The second-order valence-corrected chi connectivity index (χ2v) is 4.11. The van der Waals surface area contributed by atoms with Crippen molar-refractivity contribution >= 4 is 0 Å². The summed E-state index contributed by atoms with van der Waals surface area (Å²) in [5.41, 5.74) is 1.35. The van der Waals surface area contributed by atoms with E-state index in [4.69, 9.17) is 0 Å². The maximum Gasteiger partial charge on any atom is 0.0521 e. The van der Waals surface area contributed by atoms with Gasteiger partial charge in [0, 0.05) is 18.8 Å². The van der Waals surface area contributed by atoms with Crippen LogP contribution in [-0.2, 0) is 13.0 Å². The summed E-state index contributed by atoms with van der Waals surface area (Å²) in [6, 6.07) is 0.601. The maximum absolute atomic E-state index is 4.33. The van der Waals surface area contributed by atoms with Gasteiger partial charge in [0.15, 0.2) is 0 Å². The topological polar surface area (TPSA) is 29.9 Å². The van der Waals surface area contributed by atoms with E-state index in [0.29, 0.717) is 6.04 Å². The number of rotatable bonds is 7. The Bertz CT molecular complexity index is 268. The maximum atomic E-state index is 4.33. The van der Waals surface area contributed by atoms with Crippen molar-refractivity contribution in [3.8, 4) is 0 Å². The molecule has 3 heteroatoms. The van der Waals surface area contributed by atoms with Gasteiger partial charge in [-0.25, -0.2) is 0 Å². The first-order chi connectivity index (χ1) is 7.26. The Morgan fingerprint density at radius 1 is 1.47 bits per heavy atom. The molecule has 0 radical (unpaired) electrons. The first-order valence-electron chi connectivity index (χ1n) is 6.01. The average Bonchev–Trinajstić information content (AvgIpc) is 2.64. The normalized spacial score (nSPS) is 13.0. The Morgan fingerprint density at radius 2 is 2.27 bits per heavy atom. The molecule has 1 aromatic rings. The van der Waals surface area contributed by atoms with E-state index >= 15 is 0 Å². The smallest absolute Gasteiger partial charge is 0.0521 e. The lowest BCUT2D eigenvalue weighted by Gasteiger charge is -2.10. The summed E-state index contributed by atoms with van der Waals surface area (Å²) in [6.07, 6.45) is 7.62. The summed E-state index contributed by atoms with van der Waals surface area (Å²) in [5.74, 6) is 0. The molecule has 0 saturated heterocycles. The van der Waals surface area contributed by atoms with Crippen molar-refractivity contribution in [3.05, 3.63) is 18.0 Å². The van der Waals surface area contributed by atoms with E-state index in [2.05, 4.69) is 37.4 Å². The van der Waals surface area contributed by atoms with Crippen LogP contribution in [0.3, 0.4) is 0 Å². The number of aryl methyl sites for hydroxylation is 2. The Hall–Kier alpha value is -0.830. The molecular formula is C12H23N3. The molecule has 3 nitrogen and oxygen atoms in total. The van der Waals surface area contributed by atoms with Crippen LogP contribution in [0.5, 0.6) is 0 Å². The Kier molecular flexibility index (Phi) is 5.40. The molecule has 0 bridgehead atoms. The fourth-order valence-electron chi connectivity index (χ4n) is 1.72. The van der Waals surface area contributed by atoms with Crippen molar-refractivity contribution in [2.45, 2.75) is 52.6 Å². The quantitative estimate of drug-likeness (QED) is 0.746. The van der Waals surface area contributed by atoms with Gasteiger partial charge in [0.2, 0.25) is 0 Å². The first-order valence-corrected chi connectivity index (χ1v) is 6.01. The van der Waals surface area contributed by atoms with Crippen LogP contribution in [0.15, 0.2) is 12.4 Å². The summed E-state index contributed by atoms with van der Waals surface area (Å²) >= 11 is 0. The lowest BCUT2D eigenvalue weighted by Crippen LogP contribution is -2.25. The molecule has 15 heavy (non-hydrogen) atoms. The van der Waals surface area contributed by atoms with E-state index in [1.807, 2.05) is 10.9 Å². The van der Waals surface area contributed by atoms with Crippen molar-refractivity contribution < 1.29 is 0 Å². The highest BCUT2D eigenvalue weighted by molar-refractivity contribution is 5.04. The van der Waals surface area contributed by atoms with Crippen molar-refractivity contribution in [2.24, 2.45) is 0 Å². The molecular weight excluding hydrogens is 186 g/mol. The van der Waals surface area contributed by atoms with Crippen LogP contribution in [0.2, 0.25) is 0 Å². The zero-order valence-electron chi connectivity index (χ0n) is 10.2. The van der Waals surface area contributed by atoms with E-state index in [0.717, 1.165) is 25.9 Å². The molecule has 1 rings (SSSR count). The Labute approximate surface area is 92.9 Å². The van der Waals surface area contributed by atoms with Gasteiger partial charge < -0.3 is 5.32 Å². The van der Waals surface area contributed by atoms with Gasteiger partial charge in [-0.15, -0.1) is 0 Å². The Morgan fingerprint density at radius 3 is 2.93 bits per heavy atom. The minimum Gasteiger partial charge on any atom is -0.315 e. The molecule has 0 aromatic carbocycles. The fourth-order valence-corrected chi connectivity index (χ4v) is 1.72. The van der Waals surface area contributed by atoms with Crippen LogP contribution in [0.25, 0.3) is 0 Å². The van der Waals surface area contributed by atoms with Gasteiger partial charge in [0.25, 0.3) is 0 Å². The zero-order chi connectivity index (χ0) is 11.1. The summed E-state index contributed by atoms with van der Waals surface area (Å²) in [4.78, 5) is 0. The van der Waals surface area contributed by atoms with Gasteiger partial charge in [0.1, 0.15) is 0 Å². The fraction of sp³-hybridized carbons (Fsp3) is 0.750. The molecule has 1 atom stereocenters. The van der Waals surface area contributed by atoms with Crippen LogP contribution >= 0.6 is 0 Å². The van der Waals surface area contributed by atoms with Crippen molar-refractivity contribution in [1.29, 1.82) is 0 Å². The highest BCUT2D eigenvalue weighted by Gasteiger charge is 2.02. The van der Waals surface area contributed by atoms with E-state index in [1.165, 1.54) is 12.0 Å². The predicted molar refractivity (Wildman–Crippen MR) is 64.0 cm³/mol. The minimum atomic E-state index is 0.601. The second-order valence-electron chi connectivity index (χ2n) is 4.11. The van der Waals surface area contributed by atoms with Gasteiger partial charge in [-0.3, -0.25) is 4.68 Å². The molecule has 0 saturated carbocycles. The standard InChI is InChI=1S/C12H23N3/c1-4-8-15-10-12(9-14-15)7-6-11(3)13-5-2/h9-11,13H,4-8H2,1-3H3. The zero-order valence-corrected chi connectivity index (χ0v) is 10.2. The van der Waals surface area contributed by atoms with Crippen LogP contribution in [0, 0.1) is 0 Å². The Balaban J connectivity index is 2.30. The van der Waals surface area contributed by atoms with Crippen LogP contribution in [0.1, 0.15) is 39.2 Å². The second kappa shape index (κ2) is 6.62. The monoisotopic (exact) mass is 209 g/mol. The van der Waals surface area contributed by atoms with E-state index in [9.17, 15) is 0 Å². The highest BCUT2D eigenvalue weighted by atomic mass is 15.3. The molecule has 0 aliphatic rings. The largest absolute Gasteiger partial charge is 0.315 e. The molecule has 1 unspecified atom stereocenters. The summed E-state index contributed by atoms with van der Waals surface area (Å²) in [6.45, 7) is 8.64. The number of nitrogens with zero attached hydrogens (tertiary/aromatic N) is 2. The predicted octanol–water partition coefficient (Wildman–Crippen LogP) is 2.22. The lowest BCUT2D eigenvalue weighted by molar-refractivity contribution is 0.530. The van der Waals surface area contributed by atoms with Gasteiger partial charge in [0.05, 0.1) is 6.20 Å². The molecule has 1 N–H and O–H groups in total. The third-order valence-corrected chi connectivity index (χ3v) is 2.56. The van der Waals surface area contributed by atoms with Gasteiger partial charge in [-0.05, 0) is 38.3 Å². The summed E-state index contributed by atoms with van der Waals surface area (Å²) in [5, 5.41) is 7.75.